The Morgan fingerprint density at radius 1 is 1.08 bits per heavy atom. The first kappa shape index (κ1) is 15.1. The fraction of sp³-hybridized carbons (Fsp3) is 0.316. The van der Waals surface area contributed by atoms with Crippen molar-refractivity contribution in [3.05, 3.63) is 59.9 Å². The molecule has 0 saturated carbocycles. The number of anilines is 1. The molecule has 5 heteroatoms. The summed E-state index contributed by atoms with van der Waals surface area (Å²) in [5, 5.41) is 0. The van der Waals surface area contributed by atoms with Gasteiger partial charge in [-0.1, -0.05) is 12.1 Å². The molecule has 0 bridgehead atoms. The minimum absolute atomic E-state index is 0.0813. The van der Waals surface area contributed by atoms with E-state index in [4.69, 9.17) is 4.74 Å². The maximum atomic E-state index is 13.3. The van der Waals surface area contributed by atoms with Crippen molar-refractivity contribution in [2.24, 2.45) is 0 Å². The van der Waals surface area contributed by atoms with Crippen LogP contribution in [0.2, 0.25) is 0 Å². The van der Waals surface area contributed by atoms with Gasteiger partial charge in [-0.2, -0.15) is 0 Å². The van der Waals surface area contributed by atoms with Crippen LogP contribution in [0.25, 0.3) is 0 Å². The third-order valence-electron chi connectivity index (χ3n) is 4.89. The number of benzene rings is 2. The van der Waals surface area contributed by atoms with E-state index >= 15 is 0 Å². The number of carbonyl (C=O) groups is 1. The Balaban J connectivity index is 1.76. The minimum atomic E-state index is -0.299. The molecule has 0 aromatic heterocycles. The Hall–Kier alpha value is -2.40. The first-order valence-corrected chi connectivity index (χ1v) is 8.17. The van der Waals surface area contributed by atoms with Crippen LogP contribution in [-0.4, -0.2) is 30.5 Å². The van der Waals surface area contributed by atoms with Crippen molar-refractivity contribution < 1.29 is 13.9 Å². The van der Waals surface area contributed by atoms with E-state index < -0.39 is 0 Å². The maximum absolute atomic E-state index is 13.3. The van der Waals surface area contributed by atoms with E-state index in [0.29, 0.717) is 0 Å². The van der Waals surface area contributed by atoms with E-state index in [2.05, 4.69) is 4.90 Å². The van der Waals surface area contributed by atoms with Crippen molar-refractivity contribution >= 4 is 11.6 Å². The first-order chi connectivity index (χ1) is 11.7. The fourth-order valence-electron chi connectivity index (χ4n) is 3.76. The lowest BCUT2D eigenvalue weighted by Crippen LogP contribution is -2.32. The molecule has 0 unspecified atom stereocenters. The van der Waals surface area contributed by atoms with Crippen molar-refractivity contribution in [2.75, 3.05) is 18.6 Å². The fourth-order valence-corrected chi connectivity index (χ4v) is 3.76. The molecule has 0 aliphatic carbocycles. The van der Waals surface area contributed by atoms with Gasteiger partial charge in [-0.3, -0.25) is 14.6 Å². The molecule has 2 aliphatic rings. The van der Waals surface area contributed by atoms with Crippen LogP contribution < -0.4 is 9.64 Å². The maximum Gasteiger partial charge on any atom is 0.246 e. The van der Waals surface area contributed by atoms with Gasteiger partial charge in [-0.15, -0.1) is 0 Å². The van der Waals surface area contributed by atoms with Gasteiger partial charge in [0.25, 0.3) is 0 Å². The number of amides is 1. The summed E-state index contributed by atoms with van der Waals surface area (Å²) in [6, 6.07) is 13.9. The zero-order chi connectivity index (χ0) is 16.7. The number of hydrogen-bond donors (Lipinski definition) is 0. The lowest BCUT2D eigenvalue weighted by Gasteiger charge is -2.29. The van der Waals surface area contributed by atoms with E-state index in [9.17, 15) is 9.18 Å². The smallest absolute Gasteiger partial charge is 0.246 e. The predicted octanol–water partition coefficient (Wildman–Crippen LogP) is 3.34. The van der Waals surface area contributed by atoms with Crippen LogP contribution >= 0.6 is 0 Å². The molecule has 0 spiro atoms. The summed E-state index contributed by atoms with van der Waals surface area (Å²) >= 11 is 0. The Bertz CT molecular complexity index is 745. The average Bonchev–Trinajstić information content (AvgIpc) is 3.18. The number of hydrogen-bond acceptors (Lipinski definition) is 3. The SMILES string of the molecule is COc1ccc([C@H]2N(c3ccc(F)cc3)C(=O)[C@@H]3CCCN32)cc1. The third-order valence-corrected chi connectivity index (χ3v) is 4.89. The highest BCUT2D eigenvalue weighted by atomic mass is 19.1. The van der Waals surface area contributed by atoms with Gasteiger partial charge in [0, 0.05) is 12.2 Å². The molecule has 4 rings (SSSR count). The molecule has 2 aromatic rings. The summed E-state index contributed by atoms with van der Waals surface area (Å²) in [7, 11) is 1.63. The van der Waals surface area contributed by atoms with Crippen LogP contribution in [0.3, 0.4) is 0 Å². The van der Waals surface area contributed by atoms with E-state index in [1.807, 2.05) is 24.3 Å². The highest BCUT2D eigenvalue weighted by Crippen LogP contribution is 2.42. The van der Waals surface area contributed by atoms with Gasteiger partial charge in [0.05, 0.1) is 13.2 Å². The topological polar surface area (TPSA) is 32.8 Å². The number of rotatable bonds is 3. The summed E-state index contributed by atoms with van der Waals surface area (Å²) < 4.78 is 18.5. The van der Waals surface area contributed by atoms with Crippen LogP contribution in [0, 0.1) is 5.82 Å². The highest BCUT2D eigenvalue weighted by molar-refractivity contribution is 6.00. The van der Waals surface area contributed by atoms with E-state index in [1.165, 1.54) is 12.1 Å². The van der Waals surface area contributed by atoms with Gasteiger partial charge in [0.15, 0.2) is 0 Å². The minimum Gasteiger partial charge on any atom is -0.497 e. The van der Waals surface area contributed by atoms with Gasteiger partial charge in [-0.25, -0.2) is 4.39 Å². The van der Waals surface area contributed by atoms with E-state index in [0.717, 1.165) is 36.4 Å². The molecular formula is C19H19FN2O2. The van der Waals surface area contributed by atoms with Crippen molar-refractivity contribution in [2.45, 2.75) is 25.0 Å². The molecule has 2 aliphatic heterocycles. The van der Waals surface area contributed by atoms with Gasteiger partial charge in [0.1, 0.15) is 17.7 Å². The van der Waals surface area contributed by atoms with Crippen molar-refractivity contribution in [1.82, 2.24) is 4.90 Å². The Kier molecular flexibility index (Phi) is 3.73. The number of nitrogens with zero attached hydrogens (tertiary/aromatic N) is 2. The molecule has 124 valence electrons. The summed E-state index contributed by atoms with van der Waals surface area (Å²) in [5.41, 5.74) is 1.77. The summed E-state index contributed by atoms with van der Waals surface area (Å²) in [4.78, 5) is 17.0. The number of carbonyl (C=O) groups excluding carboxylic acids is 1. The molecule has 0 radical (unpaired) electrons. The molecule has 2 atom stereocenters. The van der Waals surface area contributed by atoms with Crippen LogP contribution in [0.4, 0.5) is 10.1 Å². The Labute approximate surface area is 140 Å². The second kappa shape index (κ2) is 5.91. The number of halogens is 1. The Morgan fingerprint density at radius 3 is 2.46 bits per heavy atom. The summed E-state index contributed by atoms with van der Waals surface area (Å²) in [6.07, 6.45) is 1.75. The lowest BCUT2D eigenvalue weighted by atomic mass is 10.1. The zero-order valence-electron chi connectivity index (χ0n) is 13.5. The summed E-state index contributed by atoms with van der Waals surface area (Å²) in [6.45, 7) is 0.894. The standard InChI is InChI=1S/C19H19FN2O2/c1-24-16-10-4-13(5-11-16)18-21-12-2-3-17(21)19(23)22(18)15-8-6-14(20)7-9-15/h4-11,17-18H,2-3,12H2,1H3/t17-,18+/m0/s1. The first-order valence-electron chi connectivity index (χ1n) is 8.17. The largest absolute Gasteiger partial charge is 0.497 e. The van der Waals surface area contributed by atoms with Crippen molar-refractivity contribution in [1.29, 1.82) is 0 Å². The average molecular weight is 326 g/mol. The van der Waals surface area contributed by atoms with Gasteiger partial charge in [0.2, 0.25) is 5.91 Å². The molecule has 1 amide bonds. The molecule has 24 heavy (non-hydrogen) atoms. The summed E-state index contributed by atoms with van der Waals surface area (Å²) in [5.74, 6) is 0.584. The van der Waals surface area contributed by atoms with Gasteiger partial charge < -0.3 is 4.74 Å². The van der Waals surface area contributed by atoms with E-state index in [1.54, 1.807) is 24.1 Å². The second-order valence-electron chi connectivity index (χ2n) is 6.23. The molecular weight excluding hydrogens is 307 g/mol. The monoisotopic (exact) mass is 326 g/mol. The third kappa shape index (κ3) is 2.36. The zero-order valence-corrected chi connectivity index (χ0v) is 13.5. The van der Waals surface area contributed by atoms with Crippen molar-refractivity contribution in [3.63, 3.8) is 0 Å². The molecule has 2 heterocycles. The Morgan fingerprint density at radius 2 is 1.79 bits per heavy atom. The number of ether oxygens (including phenoxy) is 1. The predicted molar refractivity (Wildman–Crippen MR) is 89.3 cm³/mol. The van der Waals surface area contributed by atoms with Crippen molar-refractivity contribution in [3.8, 4) is 5.75 Å². The highest BCUT2D eigenvalue weighted by Gasteiger charge is 2.49. The second-order valence-corrected chi connectivity index (χ2v) is 6.23. The van der Waals surface area contributed by atoms with Gasteiger partial charge in [-0.05, 0) is 54.8 Å². The van der Waals surface area contributed by atoms with Gasteiger partial charge >= 0.3 is 0 Å². The molecule has 2 saturated heterocycles. The van der Waals surface area contributed by atoms with E-state index in [-0.39, 0.29) is 23.9 Å². The molecule has 2 aromatic carbocycles. The van der Waals surface area contributed by atoms with Crippen LogP contribution in [0.1, 0.15) is 24.6 Å². The molecule has 4 nitrogen and oxygen atoms in total. The number of methoxy groups -OCH3 is 1. The normalized spacial score (nSPS) is 23.6. The van der Waals surface area contributed by atoms with Crippen LogP contribution in [-0.2, 0) is 4.79 Å². The lowest BCUT2D eigenvalue weighted by molar-refractivity contribution is -0.119. The van der Waals surface area contributed by atoms with Crippen LogP contribution in [0.15, 0.2) is 48.5 Å². The molecule has 2 fully saturated rings. The van der Waals surface area contributed by atoms with Crippen LogP contribution in [0.5, 0.6) is 5.75 Å². The molecule has 0 N–H and O–H groups in total. The quantitative estimate of drug-likeness (QED) is 0.867. The number of fused-ring (bicyclic) bond motifs is 1.